The number of carbonyl (C=O) groups excluding carboxylic acids is 2. The second-order valence-electron chi connectivity index (χ2n) is 3.65. The van der Waals surface area contributed by atoms with Crippen LogP contribution in [0.3, 0.4) is 0 Å². The minimum atomic E-state index is -0.813. The van der Waals surface area contributed by atoms with Crippen molar-refractivity contribution in [2.45, 2.75) is 6.92 Å². The highest BCUT2D eigenvalue weighted by atomic mass is 35.5. The standard InChI is InChI=1S/C13H12ClN3O4/c1-2-21-13(20)8(6-15)7-16-17-12(19)10-5-9(14)3-4-11(10)18/h3-5,7,16,18H,2H2,1H3,(H,17,19)/b8-7+. The molecule has 0 fully saturated rings. The lowest BCUT2D eigenvalue weighted by atomic mass is 10.2. The lowest BCUT2D eigenvalue weighted by Crippen LogP contribution is -2.34. The van der Waals surface area contributed by atoms with Crippen LogP contribution in [0.2, 0.25) is 5.02 Å². The van der Waals surface area contributed by atoms with Crippen LogP contribution < -0.4 is 10.9 Å². The summed E-state index contributed by atoms with van der Waals surface area (Å²) in [5.41, 5.74) is 4.10. The minimum absolute atomic E-state index is 0.0574. The summed E-state index contributed by atoms with van der Waals surface area (Å²) in [6.07, 6.45) is 0.984. The van der Waals surface area contributed by atoms with Gasteiger partial charge in [-0.15, -0.1) is 0 Å². The highest BCUT2D eigenvalue weighted by Crippen LogP contribution is 2.20. The summed E-state index contributed by atoms with van der Waals surface area (Å²) in [4.78, 5) is 23.1. The number of nitrogens with zero attached hydrogens (tertiary/aromatic N) is 1. The van der Waals surface area contributed by atoms with Crippen molar-refractivity contribution in [3.63, 3.8) is 0 Å². The van der Waals surface area contributed by atoms with Crippen LogP contribution in [0.25, 0.3) is 0 Å². The number of nitriles is 1. The van der Waals surface area contributed by atoms with E-state index in [4.69, 9.17) is 16.9 Å². The van der Waals surface area contributed by atoms with E-state index >= 15 is 0 Å². The molecule has 0 atom stereocenters. The number of hydrogen-bond donors (Lipinski definition) is 3. The first kappa shape index (κ1) is 16.3. The Morgan fingerprint density at radius 2 is 2.24 bits per heavy atom. The van der Waals surface area contributed by atoms with Gasteiger partial charge in [0.15, 0.2) is 5.57 Å². The predicted octanol–water partition coefficient (Wildman–Crippen LogP) is 1.25. The zero-order chi connectivity index (χ0) is 15.8. The Labute approximate surface area is 125 Å². The Hall–Kier alpha value is -2.72. The first-order chi connectivity index (χ1) is 9.99. The number of rotatable bonds is 5. The van der Waals surface area contributed by atoms with Crippen molar-refractivity contribution in [3.8, 4) is 11.8 Å². The zero-order valence-electron chi connectivity index (χ0n) is 11.0. The Balaban J connectivity index is 2.70. The normalized spacial score (nSPS) is 10.4. The number of phenols is 1. The Bertz CT molecular complexity index is 622. The van der Waals surface area contributed by atoms with E-state index in [2.05, 4.69) is 15.6 Å². The number of phenolic OH excluding ortho intramolecular Hbond substituents is 1. The molecular formula is C13H12ClN3O4. The van der Waals surface area contributed by atoms with Gasteiger partial charge in [0, 0.05) is 11.2 Å². The first-order valence-electron chi connectivity index (χ1n) is 5.81. The molecule has 0 bridgehead atoms. The average Bonchev–Trinajstić information content (AvgIpc) is 2.46. The molecule has 0 unspecified atom stereocenters. The van der Waals surface area contributed by atoms with Gasteiger partial charge in [-0.1, -0.05) is 11.6 Å². The molecule has 0 saturated carbocycles. The molecule has 0 aliphatic rings. The van der Waals surface area contributed by atoms with Crippen molar-refractivity contribution in [1.82, 2.24) is 10.9 Å². The number of esters is 1. The van der Waals surface area contributed by atoms with Crippen molar-refractivity contribution >= 4 is 23.5 Å². The van der Waals surface area contributed by atoms with Crippen molar-refractivity contribution in [2.75, 3.05) is 6.61 Å². The molecule has 0 aliphatic heterocycles. The van der Waals surface area contributed by atoms with Crippen LogP contribution in [-0.2, 0) is 9.53 Å². The molecule has 0 saturated heterocycles. The van der Waals surface area contributed by atoms with Gasteiger partial charge in [-0.3, -0.25) is 10.2 Å². The van der Waals surface area contributed by atoms with Crippen LogP contribution >= 0.6 is 11.6 Å². The van der Waals surface area contributed by atoms with Crippen LogP contribution in [0, 0.1) is 11.3 Å². The SMILES string of the molecule is CCOC(=O)/C(C#N)=C/NNC(=O)c1cc(Cl)ccc1O. The number of hydrazine groups is 1. The van der Waals surface area contributed by atoms with E-state index in [0.717, 1.165) is 6.20 Å². The molecule has 1 aromatic rings. The maximum absolute atomic E-state index is 11.8. The van der Waals surface area contributed by atoms with Gasteiger partial charge in [-0.2, -0.15) is 5.26 Å². The third-order valence-corrected chi connectivity index (χ3v) is 2.46. The second-order valence-corrected chi connectivity index (χ2v) is 4.09. The molecule has 1 aromatic carbocycles. The summed E-state index contributed by atoms with van der Waals surface area (Å²) in [6.45, 7) is 1.73. The van der Waals surface area contributed by atoms with Crippen molar-refractivity contribution in [1.29, 1.82) is 5.26 Å². The topological polar surface area (TPSA) is 111 Å². The maximum Gasteiger partial charge on any atom is 0.350 e. The molecule has 1 amide bonds. The fraction of sp³-hybridized carbons (Fsp3) is 0.154. The van der Waals surface area contributed by atoms with E-state index in [1.54, 1.807) is 13.0 Å². The number of amides is 1. The molecule has 0 aliphatic carbocycles. The number of hydrogen-bond acceptors (Lipinski definition) is 6. The summed E-state index contributed by atoms with van der Waals surface area (Å²) < 4.78 is 4.63. The Morgan fingerprint density at radius 3 is 2.86 bits per heavy atom. The van der Waals surface area contributed by atoms with Crippen LogP contribution in [0.4, 0.5) is 0 Å². The largest absolute Gasteiger partial charge is 0.507 e. The lowest BCUT2D eigenvalue weighted by Gasteiger charge is -2.07. The number of aromatic hydroxyl groups is 1. The van der Waals surface area contributed by atoms with E-state index in [1.807, 2.05) is 0 Å². The summed E-state index contributed by atoms with van der Waals surface area (Å²) >= 11 is 5.72. The molecule has 0 heterocycles. The second kappa shape index (κ2) is 7.77. The van der Waals surface area contributed by atoms with Gasteiger partial charge < -0.3 is 15.3 Å². The highest BCUT2D eigenvalue weighted by molar-refractivity contribution is 6.31. The summed E-state index contributed by atoms with van der Waals surface area (Å²) in [5.74, 6) is -1.76. The number of benzene rings is 1. The number of halogens is 1. The summed E-state index contributed by atoms with van der Waals surface area (Å²) in [5, 5.41) is 18.6. The molecule has 0 radical (unpaired) electrons. The molecule has 21 heavy (non-hydrogen) atoms. The molecule has 0 aromatic heterocycles. The summed E-state index contributed by atoms with van der Waals surface area (Å²) in [6, 6.07) is 5.59. The molecule has 0 spiro atoms. The molecule has 110 valence electrons. The lowest BCUT2D eigenvalue weighted by molar-refractivity contribution is -0.138. The van der Waals surface area contributed by atoms with Crippen LogP contribution in [0.15, 0.2) is 30.0 Å². The fourth-order valence-electron chi connectivity index (χ4n) is 1.28. The van der Waals surface area contributed by atoms with E-state index in [0.29, 0.717) is 0 Å². The number of carbonyl (C=O) groups is 2. The van der Waals surface area contributed by atoms with Gasteiger partial charge in [0.1, 0.15) is 11.8 Å². The van der Waals surface area contributed by atoms with E-state index < -0.39 is 11.9 Å². The van der Waals surface area contributed by atoms with Gasteiger partial charge >= 0.3 is 5.97 Å². The first-order valence-corrected chi connectivity index (χ1v) is 6.19. The Kier molecular flexibility index (Phi) is 6.04. The average molecular weight is 310 g/mol. The van der Waals surface area contributed by atoms with Crippen molar-refractivity contribution < 1.29 is 19.4 Å². The summed E-state index contributed by atoms with van der Waals surface area (Å²) in [7, 11) is 0. The number of nitrogens with one attached hydrogen (secondary N) is 2. The monoisotopic (exact) mass is 309 g/mol. The molecule has 1 rings (SSSR count). The van der Waals surface area contributed by atoms with E-state index in [-0.39, 0.29) is 28.5 Å². The molecular weight excluding hydrogens is 298 g/mol. The van der Waals surface area contributed by atoms with Crippen molar-refractivity contribution in [3.05, 3.63) is 40.6 Å². The quantitative estimate of drug-likeness (QED) is 0.327. The van der Waals surface area contributed by atoms with Gasteiger partial charge in [0.2, 0.25) is 0 Å². The fourth-order valence-corrected chi connectivity index (χ4v) is 1.45. The van der Waals surface area contributed by atoms with Gasteiger partial charge in [0.05, 0.1) is 12.2 Å². The van der Waals surface area contributed by atoms with Gasteiger partial charge in [-0.05, 0) is 25.1 Å². The van der Waals surface area contributed by atoms with E-state index in [9.17, 15) is 14.7 Å². The highest BCUT2D eigenvalue weighted by Gasteiger charge is 2.12. The van der Waals surface area contributed by atoms with Crippen LogP contribution in [0.1, 0.15) is 17.3 Å². The van der Waals surface area contributed by atoms with Crippen LogP contribution in [-0.4, -0.2) is 23.6 Å². The molecule has 8 heteroatoms. The van der Waals surface area contributed by atoms with E-state index in [1.165, 1.54) is 18.2 Å². The zero-order valence-corrected chi connectivity index (χ0v) is 11.8. The van der Waals surface area contributed by atoms with Crippen LogP contribution in [0.5, 0.6) is 5.75 Å². The smallest absolute Gasteiger partial charge is 0.350 e. The third kappa shape index (κ3) is 4.71. The third-order valence-electron chi connectivity index (χ3n) is 2.22. The van der Waals surface area contributed by atoms with Gasteiger partial charge in [0.25, 0.3) is 5.91 Å². The Morgan fingerprint density at radius 1 is 1.52 bits per heavy atom. The molecule has 3 N–H and O–H groups in total. The minimum Gasteiger partial charge on any atom is -0.507 e. The van der Waals surface area contributed by atoms with Gasteiger partial charge in [-0.25, -0.2) is 4.79 Å². The molecule has 7 nitrogen and oxygen atoms in total. The predicted molar refractivity (Wildman–Crippen MR) is 74.0 cm³/mol. The van der Waals surface area contributed by atoms with Crippen molar-refractivity contribution in [2.24, 2.45) is 0 Å². The maximum atomic E-state index is 11.8. The number of ether oxygens (including phenoxy) is 1.